The van der Waals surface area contributed by atoms with Gasteiger partial charge >= 0.3 is 0 Å². The zero-order valence-electron chi connectivity index (χ0n) is 6.71. The van der Waals surface area contributed by atoms with Crippen LogP contribution in [0.2, 0.25) is 0 Å². The lowest BCUT2D eigenvalue weighted by molar-refractivity contribution is 0.298. The van der Waals surface area contributed by atoms with Crippen LogP contribution in [-0.4, -0.2) is 6.04 Å². The van der Waals surface area contributed by atoms with Crippen molar-refractivity contribution in [2.24, 2.45) is 5.73 Å². The van der Waals surface area contributed by atoms with Gasteiger partial charge in [0.1, 0.15) is 11.5 Å². The molecule has 60 valence electrons. The van der Waals surface area contributed by atoms with Crippen LogP contribution in [0.25, 0.3) is 0 Å². The van der Waals surface area contributed by atoms with E-state index in [2.05, 4.69) is 6.07 Å². The van der Waals surface area contributed by atoms with Gasteiger partial charge in [-0.05, 0) is 31.9 Å². The van der Waals surface area contributed by atoms with Crippen molar-refractivity contribution in [1.29, 1.82) is 0 Å². The monoisotopic (exact) mass is 151 g/mol. The molecule has 1 aliphatic carbocycles. The van der Waals surface area contributed by atoms with E-state index >= 15 is 0 Å². The Hall–Kier alpha value is -0.760. The quantitative estimate of drug-likeness (QED) is 0.664. The second-order valence-corrected chi connectivity index (χ2v) is 3.38. The van der Waals surface area contributed by atoms with Crippen LogP contribution in [0.1, 0.15) is 30.3 Å². The minimum atomic E-state index is 0.408. The van der Waals surface area contributed by atoms with Crippen molar-refractivity contribution in [3.8, 4) is 0 Å². The van der Waals surface area contributed by atoms with Gasteiger partial charge in [-0.1, -0.05) is 0 Å². The zero-order chi connectivity index (χ0) is 7.84. The Bertz CT molecular complexity index is 248. The molecule has 0 atom stereocenters. The van der Waals surface area contributed by atoms with E-state index in [9.17, 15) is 0 Å². The highest BCUT2D eigenvalue weighted by molar-refractivity contribution is 5.14. The fourth-order valence-electron chi connectivity index (χ4n) is 1.57. The highest BCUT2D eigenvalue weighted by Gasteiger charge is 2.29. The second-order valence-electron chi connectivity index (χ2n) is 3.38. The molecule has 1 saturated carbocycles. The Labute approximate surface area is 66.4 Å². The molecule has 11 heavy (non-hydrogen) atoms. The first-order valence-corrected chi connectivity index (χ1v) is 4.07. The van der Waals surface area contributed by atoms with Gasteiger partial charge in [0.15, 0.2) is 0 Å². The van der Waals surface area contributed by atoms with Crippen molar-refractivity contribution in [2.75, 3.05) is 0 Å². The maximum atomic E-state index is 5.67. The summed E-state index contributed by atoms with van der Waals surface area (Å²) in [5, 5.41) is 0. The Morgan fingerprint density at radius 3 is 2.64 bits per heavy atom. The van der Waals surface area contributed by atoms with Crippen LogP contribution in [-0.2, 0) is 0 Å². The molecule has 1 aliphatic rings. The van der Waals surface area contributed by atoms with Gasteiger partial charge in [-0.2, -0.15) is 0 Å². The van der Waals surface area contributed by atoms with Crippen molar-refractivity contribution in [2.45, 2.75) is 31.7 Å². The molecule has 2 heteroatoms. The first-order chi connectivity index (χ1) is 5.25. The Kier molecular flexibility index (Phi) is 1.50. The first kappa shape index (κ1) is 6.92. The molecule has 0 unspecified atom stereocenters. The number of nitrogens with two attached hydrogens (primary N) is 1. The van der Waals surface area contributed by atoms with E-state index in [1.165, 1.54) is 0 Å². The molecule has 0 saturated heterocycles. The highest BCUT2D eigenvalue weighted by atomic mass is 16.3. The molecule has 1 aromatic rings. The lowest BCUT2D eigenvalue weighted by Crippen LogP contribution is -2.34. The Morgan fingerprint density at radius 2 is 2.18 bits per heavy atom. The molecular formula is C9H13NO. The van der Waals surface area contributed by atoms with E-state index in [-0.39, 0.29) is 0 Å². The molecule has 0 amide bonds. The van der Waals surface area contributed by atoms with Crippen LogP contribution < -0.4 is 5.73 Å². The first-order valence-electron chi connectivity index (χ1n) is 4.07. The third kappa shape index (κ3) is 1.18. The smallest absolute Gasteiger partial charge is 0.107 e. The largest absolute Gasteiger partial charge is 0.466 e. The summed E-state index contributed by atoms with van der Waals surface area (Å²) < 4.78 is 5.48. The number of hydrogen-bond donors (Lipinski definition) is 1. The number of aryl methyl sites for hydroxylation is 1. The molecule has 2 nitrogen and oxygen atoms in total. The minimum absolute atomic E-state index is 0.408. The van der Waals surface area contributed by atoms with Crippen molar-refractivity contribution >= 4 is 0 Å². The van der Waals surface area contributed by atoms with Crippen LogP contribution in [0.15, 0.2) is 16.5 Å². The van der Waals surface area contributed by atoms with Crippen molar-refractivity contribution in [3.63, 3.8) is 0 Å². The Morgan fingerprint density at radius 1 is 1.45 bits per heavy atom. The average molecular weight is 151 g/mol. The third-order valence-corrected chi connectivity index (χ3v) is 2.34. The molecule has 0 radical (unpaired) electrons. The molecule has 1 heterocycles. The second kappa shape index (κ2) is 2.38. The third-order valence-electron chi connectivity index (χ3n) is 2.34. The van der Waals surface area contributed by atoms with Gasteiger partial charge < -0.3 is 10.2 Å². The summed E-state index contributed by atoms with van der Waals surface area (Å²) >= 11 is 0. The molecule has 1 aromatic heterocycles. The maximum absolute atomic E-state index is 5.67. The molecular weight excluding hydrogens is 138 g/mol. The number of rotatable bonds is 1. The summed E-state index contributed by atoms with van der Waals surface area (Å²) in [5.41, 5.74) is 5.67. The lowest BCUT2D eigenvalue weighted by Gasteiger charge is -2.30. The highest BCUT2D eigenvalue weighted by Crippen LogP contribution is 2.36. The summed E-state index contributed by atoms with van der Waals surface area (Å²) in [4.78, 5) is 0. The van der Waals surface area contributed by atoms with Gasteiger partial charge in [-0.3, -0.25) is 0 Å². The van der Waals surface area contributed by atoms with Gasteiger partial charge in [0.2, 0.25) is 0 Å². The molecule has 0 bridgehead atoms. The molecule has 0 spiro atoms. The number of hydrogen-bond acceptors (Lipinski definition) is 2. The predicted molar refractivity (Wildman–Crippen MR) is 43.4 cm³/mol. The van der Waals surface area contributed by atoms with E-state index in [0.29, 0.717) is 12.0 Å². The van der Waals surface area contributed by atoms with Gasteiger partial charge in [-0.15, -0.1) is 0 Å². The van der Waals surface area contributed by atoms with Crippen molar-refractivity contribution in [3.05, 3.63) is 23.7 Å². The van der Waals surface area contributed by atoms with E-state index in [4.69, 9.17) is 10.2 Å². The standard InChI is InChI=1S/C9H13NO/c1-6-2-3-9(11-6)7-4-8(10)5-7/h2-3,7-8H,4-5,10H2,1H3. The maximum Gasteiger partial charge on any atom is 0.107 e. The van der Waals surface area contributed by atoms with Gasteiger partial charge in [0.25, 0.3) is 0 Å². The van der Waals surface area contributed by atoms with E-state index < -0.39 is 0 Å². The summed E-state index contributed by atoms with van der Waals surface area (Å²) in [6.07, 6.45) is 2.18. The molecule has 2 N–H and O–H groups in total. The minimum Gasteiger partial charge on any atom is -0.466 e. The van der Waals surface area contributed by atoms with E-state index in [1.807, 2.05) is 13.0 Å². The SMILES string of the molecule is Cc1ccc(C2CC(N)C2)o1. The topological polar surface area (TPSA) is 39.2 Å². The predicted octanol–water partition coefficient (Wildman–Crippen LogP) is 1.79. The fraction of sp³-hybridized carbons (Fsp3) is 0.556. The fourth-order valence-corrected chi connectivity index (χ4v) is 1.57. The van der Waals surface area contributed by atoms with Gasteiger partial charge in [0.05, 0.1) is 0 Å². The number of furan rings is 1. The summed E-state index contributed by atoms with van der Waals surface area (Å²) in [6, 6.07) is 4.48. The lowest BCUT2D eigenvalue weighted by atomic mass is 9.79. The summed E-state index contributed by atoms with van der Waals surface area (Å²) in [6.45, 7) is 1.97. The molecule has 2 rings (SSSR count). The summed E-state index contributed by atoms with van der Waals surface area (Å²) in [7, 11) is 0. The van der Waals surface area contributed by atoms with Crippen LogP contribution in [0, 0.1) is 6.92 Å². The zero-order valence-corrected chi connectivity index (χ0v) is 6.71. The van der Waals surface area contributed by atoms with E-state index in [1.54, 1.807) is 0 Å². The molecule has 0 aromatic carbocycles. The van der Waals surface area contributed by atoms with E-state index in [0.717, 1.165) is 24.4 Å². The average Bonchev–Trinajstić information content (AvgIpc) is 2.29. The van der Waals surface area contributed by atoms with Gasteiger partial charge in [0, 0.05) is 12.0 Å². The van der Waals surface area contributed by atoms with Crippen molar-refractivity contribution < 1.29 is 4.42 Å². The summed E-state index contributed by atoms with van der Waals surface area (Å²) in [5.74, 6) is 2.71. The van der Waals surface area contributed by atoms with Gasteiger partial charge in [-0.25, -0.2) is 0 Å². The Balaban J connectivity index is 2.07. The van der Waals surface area contributed by atoms with Crippen LogP contribution >= 0.6 is 0 Å². The van der Waals surface area contributed by atoms with Crippen LogP contribution in [0.3, 0.4) is 0 Å². The van der Waals surface area contributed by atoms with Crippen LogP contribution in [0.5, 0.6) is 0 Å². The van der Waals surface area contributed by atoms with Crippen LogP contribution in [0.4, 0.5) is 0 Å². The molecule has 0 aliphatic heterocycles. The molecule has 1 fully saturated rings. The van der Waals surface area contributed by atoms with Crippen molar-refractivity contribution in [1.82, 2.24) is 0 Å². The normalized spacial score (nSPS) is 30.0.